The zero-order valence-corrected chi connectivity index (χ0v) is 9.78. The average Bonchev–Trinajstić information content (AvgIpc) is 2.39. The molecule has 0 aliphatic carbocycles. The van der Waals surface area contributed by atoms with Crippen LogP contribution in [0.1, 0.15) is 17.2 Å². The van der Waals surface area contributed by atoms with Gasteiger partial charge in [-0.15, -0.1) is 0 Å². The number of benzene rings is 2. The summed E-state index contributed by atoms with van der Waals surface area (Å²) < 4.78 is 5.80. The zero-order valence-electron chi connectivity index (χ0n) is 9.78. The van der Waals surface area contributed by atoms with Crippen molar-refractivity contribution in [2.24, 2.45) is 0 Å². The number of ether oxygens (including phenoxy) is 1. The Kier molecular flexibility index (Phi) is 2.68. The van der Waals surface area contributed by atoms with Crippen molar-refractivity contribution in [2.75, 3.05) is 0 Å². The van der Waals surface area contributed by atoms with Gasteiger partial charge < -0.3 is 14.9 Å². The lowest BCUT2D eigenvalue weighted by atomic mass is 9.95. The number of hydrogen-bond acceptors (Lipinski definition) is 3. The molecule has 2 unspecified atom stereocenters. The molecule has 3 rings (SSSR count). The van der Waals surface area contributed by atoms with Gasteiger partial charge in [-0.05, 0) is 17.2 Å². The number of rotatable bonds is 1. The van der Waals surface area contributed by atoms with E-state index in [0.717, 1.165) is 11.1 Å². The average molecular weight is 242 g/mol. The Balaban J connectivity index is 1.96. The molecule has 2 aromatic carbocycles. The fourth-order valence-corrected chi connectivity index (χ4v) is 2.30. The molecule has 0 spiro atoms. The van der Waals surface area contributed by atoms with E-state index in [4.69, 9.17) is 4.74 Å². The Morgan fingerprint density at radius 2 is 1.83 bits per heavy atom. The van der Waals surface area contributed by atoms with Gasteiger partial charge in [0.25, 0.3) is 0 Å². The highest BCUT2D eigenvalue weighted by Gasteiger charge is 2.29. The Morgan fingerprint density at radius 3 is 2.61 bits per heavy atom. The second kappa shape index (κ2) is 4.35. The van der Waals surface area contributed by atoms with Crippen LogP contribution in [0.25, 0.3) is 0 Å². The van der Waals surface area contributed by atoms with E-state index in [0.29, 0.717) is 12.2 Å². The molecular formula is C15H14O3. The molecule has 2 N–H and O–H groups in total. The molecule has 0 bridgehead atoms. The maximum absolute atomic E-state index is 10.2. The van der Waals surface area contributed by atoms with Gasteiger partial charge in [-0.3, -0.25) is 0 Å². The Morgan fingerprint density at radius 1 is 1.06 bits per heavy atom. The summed E-state index contributed by atoms with van der Waals surface area (Å²) in [6.45, 7) is 0. The van der Waals surface area contributed by atoms with Crippen LogP contribution in [0.5, 0.6) is 11.5 Å². The van der Waals surface area contributed by atoms with Crippen LogP contribution in [0.3, 0.4) is 0 Å². The quantitative estimate of drug-likeness (QED) is 0.807. The summed E-state index contributed by atoms with van der Waals surface area (Å²) in [5.41, 5.74) is 1.87. The first-order valence-corrected chi connectivity index (χ1v) is 5.95. The van der Waals surface area contributed by atoms with Crippen LogP contribution in [-0.4, -0.2) is 16.3 Å². The van der Waals surface area contributed by atoms with Crippen molar-refractivity contribution in [3.8, 4) is 11.5 Å². The molecule has 0 aromatic heterocycles. The first-order chi connectivity index (χ1) is 8.74. The molecule has 0 fully saturated rings. The van der Waals surface area contributed by atoms with E-state index in [1.807, 2.05) is 30.3 Å². The second-order valence-electron chi connectivity index (χ2n) is 4.51. The first kappa shape index (κ1) is 11.1. The zero-order chi connectivity index (χ0) is 12.5. The third kappa shape index (κ3) is 1.93. The molecular weight excluding hydrogens is 228 g/mol. The fraction of sp³-hybridized carbons (Fsp3) is 0.200. The minimum absolute atomic E-state index is 0.178. The van der Waals surface area contributed by atoms with Crippen molar-refractivity contribution in [3.63, 3.8) is 0 Å². The number of aliphatic hydroxyl groups excluding tert-OH is 1. The lowest BCUT2D eigenvalue weighted by Crippen LogP contribution is -2.30. The van der Waals surface area contributed by atoms with E-state index in [1.54, 1.807) is 18.2 Å². The Labute approximate surface area is 105 Å². The van der Waals surface area contributed by atoms with E-state index >= 15 is 0 Å². The highest BCUT2D eigenvalue weighted by molar-refractivity contribution is 5.43. The van der Waals surface area contributed by atoms with Crippen molar-refractivity contribution in [1.82, 2.24) is 0 Å². The van der Waals surface area contributed by atoms with Gasteiger partial charge in [0.1, 0.15) is 17.6 Å². The molecule has 1 aliphatic rings. The van der Waals surface area contributed by atoms with Gasteiger partial charge in [-0.1, -0.05) is 36.4 Å². The summed E-state index contributed by atoms with van der Waals surface area (Å²) in [7, 11) is 0. The molecule has 1 heterocycles. The molecule has 1 aliphatic heterocycles. The molecule has 0 saturated carbocycles. The van der Waals surface area contributed by atoms with Gasteiger partial charge in [0.05, 0.1) is 6.10 Å². The number of fused-ring (bicyclic) bond motifs is 1. The van der Waals surface area contributed by atoms with Crippen molar-refractivity contribution < 1.29 is 14.9 Å². The molecule has 0 radical (unpaired) electrons. The highest BCUT2D eigenvalue weighted by Crippen LogP contribution is 2.36. The van der Waals surface area contributed by atoms with Crippen LogP contribution in [0, 0.1) is 0 Å². The summed E-state index contributed by atoms with van der Waals surface area (Å²) in [6, 6.07) is 14.6. The first-order valence-electron chi connectivity index (χ1n) is 5.95. The van der Waals surface area contributed by atoms with Gasteiger partial charge in [0, 0.05) is 12.5 Å². The summed E-state index contributed by atoms with van der Waals surface area (Å²) in [6.07, 6.45) is -0.403. The maximum Gasteiger partial charge on any atom is 0.150 e. The third-order valence-corrected chi connectivity index (χ3v) is 3.21. The number of aromatic hydroxyl groups is 1. The van der Waals surface area contributed by atoms with E-state index in [2.05, 4.69) is 0 Å². The molecule has 18 heavy (non-hydrogen) atoms. The number of aliphatic hydroxyl groups is 1. The van der Waals surface area contributed by atoms with Crippen molar-refractivity contribution in [2.45, 2.75) is 18.6 Å². The Hall–Kier alpha value is -2.00. The largest absolute Gasteiger partial charge is 0.508 e. The van der Waals surface area contributed by atoms with Gasteiger partial charge in [-0.2, -0.15) is 0 Å². The van der Waals surface area contributed by atoms with Gasteiger partial charge in [0.15, 0.2) is 0 Å². The lowest BCUT2D eigenvalue weighted by Gasteiger charge is -2.30. The molecule has 3 heteroatoms. The predicted octanol–water partition coefficient (Wildman–Crippen LogP) is 2.43. The third-order valence-electron chi connectivity index (χ3n) is 3.21. The molecule has 2 atom stereocenters. The lowest BCUT2D eigenvalue weighted by molar-refractivity contribution is 0.0206. The summed E-state index contributed by atoms with van der Waals surface area (Å²) in [5, 5.41) is 19.6. The van der Waals surface area contributed by atoms with Crippen LogP contribution >= 0.6 is 0 Å². The van der Waals surface area contributed by atoms with Crippen LogP contribution < -0.4 is 4.74 Å². The van der Waals surface area contributed by atoms with E-state index in [1.165, 1.54) is 0 Å². The van der Waals surface area contributed by atoms with Crippen molar-refractivity contribution in [1.29, 1.82) is 0 Å². The smallest absolute Gasteiger partial charge is 0.150 e. The second-order valence-corrected chi connectivity index (χ2v) is 4.51. The molecule has 2 aromatic rings. The molecule has 3 nitrogen and oxygen atoms in total. The SMILES string of the molecule is Oc1ccc2c(c1)OC(c1ccccc1)C(O)C2. The van der Waals surface area contributed by atoms with Crippen LogP contribution in [0.15, 0.2) is 48.5 Å². The standard InChI is InChI=1S/C15H14O3/c16-12-7-6-11-8-13(17)15(18-14(11)9-12)10-4-2-1-3-5-10/h1-7,9,13,15-17H,8H2. The van der Waals surface area contributed by atoms with Crippen LogP contribution in [-0.2, 0) is 6.42 Å². The molecule has 0 amide bonds. The van der Waals surface area contributed by atoms with Crippen LogP contribution in [0.4, 0.5) is 0 Å². The van der Waals surface area contributed by atoms with Crippen LogP contribution in [0.2, 0.25) is 0 Å². The minimum Gasteiger partial charge on any atom is -0.508 e. The number of phenols is 1. The normalized spacial score (nSPS) is 22.1. The molecule has 92 valence electrons. The minimum atomic E-state index is -0.565. The van der Waals surface area contributed by atoms with E-state index in [-0.39, 0.29) is 11.9 Å². The Bertz CT molecular complexity index is 551. The summed E-state index contributed by atoms with van der Waals surface area (Å²) >= 11 is 0. The summed E-state index contributed by atoms with van der Waals surface area (Å²) in [5.74, 6) is 0.825. The summed E-state index contributed by atoms with van der Waals surface area (Å²) in [4.78, 5) is 0. The molecule has 0 saturated heterocycles. The fourth-order valence-electron chi connectivity index (χ4n) is 2.30. The van der Waals surface area contributed by atoms with Gasteiger partial charge in [0.2, 0.25) is 0 Å². The topological polar surface area (TPSA) is 49.7 Å². The number of phenolic OH excluding ortho intramolecular Hbond substituents is 1. The maximum atomic E-state index is 10.2. The van der Waals surface area contributed by atoms with E-state index < -0.39 is 6.10 Å². The van der Waals surface area contributed by atoms with Crippen molar-refractivity contribution in [3.05, 3.63) is 59.7 Å². The number of hydrogen-bond donors (Lipinski definition) is 2. The van der Waals surface area contributed by atoms with E-state index in [9.17, 15) is 10.2 Å². The van der Waals surface area contributed by atoms with Gasteiger partial charge in [-0.25, -0.2) is 0 Å². The highest BCUT2D eigenvalue weighted by atomic mass is 16.5. The predicted molar refractivity (Wildman–Crippen MR) is 67.6 cm³/mol. The van der Waals surface area contributed by atoms with Gasteiger partial charge >= 0.3 is 0 Å². The monoisotopic (exact) mass is 242 g/mol. The van der Waals surface area contributed by atoms with Crippen molar-refractivity contribution >= 4 is 0 Å².